The molecule has 0 aliphatic carbocycles. The van der Waals surface area contributed by atoms with E-state index in [0.29, 0.717) is 0 Å². The Balaban J connectivity index is 3.57. The Morgan fingerprint density at radius 3 is 1.56 bits per heavy atom. The van der Waals surface area contributed by atoms with Crippen LogP contribution in [0.4, 0.5) is 21.8 Å². The van der Waals surface area contributed by atoms with Gasteiger partial charge >= 0.3 is 11.6 Å². The first-order valence-electron chi connectivity index (χ1n) is 3.54. The van der Waals surface area contributed by atoms with E-state index in [1.807, 2.05) is 0 Å². The Labute approximate surface area is 84.9 Å². The summed E-state index contributed by atoms with van der Waals surface area (Å²) >= 11 is 0. The Morgan fingerprint density at radius 1 is 0.938 bits per heavy atom. The van der Waals surface area contributed by atoms with Crippen molar-refractivity contribution >= 4 is 17.3 Å². The average Bonchev–Trinajstić information content (AvgIpc) is 2.16. The van der Waals surface area contributed by atoms with Gasteiger partial charge in [-0.25, -0.2) is 0 Å². The summed E-state index contributed by atoms with van der Waals surface area (Å²) < 4.78 is 13.0. The molecule has 1 rings (SSSR count). The molecule has 1 aromatic rings. The first kappa shape index (κ1) is 11.4. The van der Waals surface area contributed by atoms with E-state index in [0.717, 1.165) is 0 Å². The minimum Gasteiger partial charge on any atom is -0.258 e. The van der Waals surface area contributed by atoms with Crippen molar-refractivity contribution in [1.29, 1.82) is 0 Å². The summed E-state index contributed by atoms with van der Waals surface area (Å²) in [5, 5.41) is 30.8. The van der Waals surface area contributed by atoms with E-state index in [2.05, 4.69) is 0 Å². The van der Waals surface area contributed by atoms with Crippen LogP contribution in [-0.4, -0.2) is 14.8 Å². The van der Waals surface area contributed by atoms with Crippen molar-refractivity contribution < 1.29 is 24.0 Å². The number of hydrogen-bond acceptors (Lipinski definition) is 6. The second kappa shape index (κ2) is 3.80. The van der Waals surface area contributed by atoms with Gasteiger partial charge in [0.2, 0.25) is 0 Å². The van der Waals surface area contributed by atoms with Crippen molar-refractivity contribution in [2.75, 3.05) is 0 Å². The number of nitrogens with zero attached hydrogens (tertiary/aromatic N) is 4. The summed E-state index contributed by atoms with van der Waals surface area (Å²) in [7, 11) is 0. The van der Waals surface area contributed by atoms with Gasteiger partial charge in [-0.3, -0.25) is 30.3 Å². The van der Waals surface area contributed by atoms with Crippen molar-refractivity contribution in [1.82, 2.24) is 0 Å². The monoisotopic (exact) mass is 233 g/mol. The van der Waals surface area contributed by atoms with Crippen LogP contribution in [0.1, 0.15) is 0 Å². The largest absolute Gasteiger partial charge is 0.558 e. The molecule has 0 saturated heterocycles. The van der Waals surface area contributed by atoms with Crippen LogP contribution >= 0.6 is 0 Å². The molecule has 10 nitrogen and oxygen atoms in total. The van der Waals surface area contributed by atoms with Gasteiger partial charge < -0.3 is 0 Å². The van der Waals surface area contributed by atoms with Crippen LogP contribution in [0.5, 0.6) is 0 Å². The quantitative estimate of drug-likeness (QED) is 0.548. The molecule has 1 heterocycles. The lowest BCUT2D eigenvalue weighted by Crippen LogP contribution is -2.30. The predicted molar refractivity (Wildman–Crippen MR) is 43.1 cm³/mol. The van der Waals surface area contributed by atoms with Gasteiger partial charge in [0.15, 0.2) is 16.9 Å². The Kier molecular flexibility index (Phi) is 2.70. The maximum Gasteiger partial charge on any atom is 0.558 e. The molecule has 0 aliphatic rings. The van der Waals surface area contributed by atoms with Gasteiger partial charge in [-0.05, 0) is 0 Å². The fourth-order valence-electron chi connectivity index (χ4n) is 0.891. The van der Waals surface area contributed by atoms with Gasteiger partial charge in [0, 0.05) is 0 Å². The second-order valence-corrected chi connectivity index (χ2v) is 2.48. The zero-order valence-corrected chi connectivity index (χ0v) is 7.27. The Bertz CT molecular complexity index is 467. The number of pyridine rings is 1. The summed E-state index contributed by atoms with van der Waals surface area (Å²) in [4.78, 5) is 26.3. The zero-order valence-electron chi connectivity index (χ0n) is 7.27. The highest BCUT2D eigenvalue weighted by atomic mass is 19.2. The maximum absolute atomic E-state index is 13.0. The van der Waals surface area contributed by atoms with Crippen molar-refractivity contribution in [3.05, 3.63) is 42.5 Å². The molecule has 0 N–H and O–H groups in total. The molecule has 0 amide bonds. The maximum atomic E-state index is 13.0. The van der Waals surface area contributed by atoms with Crippen molar-refractivity contribution in [2.24, 2.45) is 0 Å². The minimum absolute atomic E-state index is 0.285. The van der Waals surface area contributed by atoms with E-state index in [1.165, 1.54) is 0 Å². The van der Waals surface area contributed by atoms with Crippen LogP contribution in [0.15, 0.2) is 12.1 Å². The third kappa shape index (κ3) is 1.87. The molecule has 0 unspecified atom stereocenters. The molecule has 0 spiro atoms. The molecular formula is C5H2FN4O6+. The highest BCUT2D eigenvalue weighted by molar-refractivity contribution is 5.39. The van der Waals surface area contributed by atoms with Crippen LogP contribution in [0.25, 0.3) is 0 Å². The number of halogens is 1. The van der Waals surface area contributed by atoms with E-state index >= 15 is 0 Å². The van der Waals surface area contributed by atoms with Gasteiger partial charge in [0.1, 0.15) is 14.3 Å². The van der Waals surface area contributed by atoms with Gasteiger partial charge in [0.25, 0.3) is 5.69 Å². The van der Waals surface area contributed by atoms with Gasteiger partial charge in [-0.2, -0.15) is 0 Å². The fraction of sp³-hybridized carbons (Fsp3) is 0. The van der Waals surface area contributed by atoms with E-state index in [-0.39, 0.29) is 12.1 Å². The number of aromatic nitrogens is 1. The van der Waals surface area contributed by atoms with Crippen LogP contribution in [0, 0.1) is 30.3 Å². The molecular weight excluding hydrogens is 231 g/mol. The van der Waals surface area contributed by atoms with E-state index in [1.54, 1.807) is 0 Å². The zero-order chi connectivity index (χ0) is 12.5. The van der Waals surface area contributed by atoms with E-state index in [9.17, 15) is 34.8 Å². The molecule has 0 aromatic carbocycles. The van der Waals surface area contributed by atoms with Gasteiger partial charge in [-0.15, -0.1) is 0 Å². The highest BCUT2D eigenvalue weighted by Crippen LogP contribution is 2.21. The standard InChI is InChI=1S/C5H2FN4O6/c6-7-4(9(13)14)1-3(8(11)12)2-5(7)10(15)16/h1-2H/q+1. The molecule has 0 bridgehead atoms. The lowest BCUT2D eigenvalue weighted by atomic mass is 10.4. The molecule has 16 heavy (non-hydrogen) atoms. The molecule has 0 aliphatic heterocycles. The third-order valence-electron chi connectivity index (χ3n) is 1.54. The molecule has 0 atom stereocenters. The summed E-state index contributed by atoms with van der Waals surface area (Å²) in [5.41, 5.74) is -0.938. The fourth-order valence-corrected chi connectivity index (χ4v) is 0.891. The first-order chi connectivity index (χ1) is 7.34. The summed E-state index contributed by atoms with van der Waals surface area (Å²) in [6.07, 6.45) is 0. The third-order valence-corrected chi connectivity index (χ3v) is 1.54. The van der Waals surface area contributed by atoms with Crippen LogP contribution in [-0.2, 0) is 0 Å². The molecule has 1 aromatic heterocycles. The van der Waals surface area contributed by atoms with Crippen LogP contribution in [0.2, 0.25) is 0 Å². The summed E-state index contributed by atoms with van der Waals surface area (Å²) in [5.74, 6) is -2.78. The Morgan fingerprint density at radius 2 is 1.31 bits per heavy atom. The molecule has 84 valence electrons. The topological polar surface area (TPSA) is 133 Å². The SMILES string of the molecule is O=[N+]([O-])c1cc([N+](=O)[O-])[n+](F)c([N+](=O)[O-])c1. The lowest BCUT2D eigenvalue weighted by Gasteiger charge is -1.89. The predicted octanol–water partition coefficient (Wildman–Crippen LogP) is 0.431. The summed E-state index contributed by atoms with van der Waals surface area (Å²) in [6.45, 7) is 0. The Hall–Kier alpha value is -2.72. The minimum atomic E-state index is -1.39. The highest BCUT2D eigenvalue weighted by Gasteiger charge is 2.40. The molecule has 11 heteroatoms. The normalized spacial score (nSPS) is 9.81. The van der Waals surface area contributed by atoms with Crippen LogP contribution < -0.4 is 4.79 Å². The second-order valence-electron chi connectivity index (χ2n) is 2.48. The first-order valence-corrected chi connectivity index (χ1v) is 3.54. The van der Waals surface area contributed by atoms with E-state index in [4.69, 9.17) is 0 Å². The smallest absolute Gasteiger partial charge is 0.258 e. The van der Waals surface area contributed by atoms with Crippen LogP contribution in [0.3, 0.4) is 0 Å². The molecule has 0 radical (unpaired) electrons. The molecule has 0 saturated carbocycles. The van der Waals surface area contributed by atoms with Gasteiger partial charge in [-0.1, -0.05) is 0 Å². The average molecular weight is 233 g/mol. The van der Waals surface area contributed by atoms with Crippen molar-refractivity contribution in [2.45, 2.75) is 0 Å². The lowest BCUT2D eigenvalue weighted by molar-refractivity contribution is -0.882. The van der Waals surface area contributed by atoms with Gasteiger partial charge in [0.05, 0.1) is 4.92 Å². The van der Waals surface area contributed by atoms with Crippen molar-refractivity contribution in [3.63, 3.8) is 0 Å². The van der Waals surface area contributed by atoms with Crippen molar-refractivity contribution in [3.8, 4) is 0 Å². The van der Waals surface area contributed by atoms with E-state index < -0.39 is 36.9 Å². The molecule has 0 fully saturated rings. The number of hydrogen-bond donors (Lipinski definition) is 0. The number of rotatable bonds is 3. The summed E-state index contributed by atoms with van der Waals surface area (Å²) in [6, 6.07) is 0.569. The number of nitro groups is 3.